The van der Waals surface area contributed by atoms with E-state index in [4.69, 9.17) is 4.74 Å². The quantitative estimate of drug-likeness (QED) is 0.630. The van der Waals surface area contributed by atoms with Crippen molar-refractivity contribution in [2.24, 2.45) is 5.92 Å². The summed E-state index contributed by atoms with van der Waals surface area (Å²) in [6, 6.07) is 0. The summed E-state index contributed by atoms with van der Waals surface area (Å²) in [5, 5.41) is 0. The summed E-state index contributed by atoms with van der Waals surface area (Å²) < 4.78 is 9.56. The summed E-state index contributed by atoms with van der Waals surface area (Å²) in [4.78, 5) is 24.7. The van der Waals surface area contributed by atoms with E-state index >= 15 is 0 Å². The zero-order chi connectivity index (χ0) is 13.4. The first kappa shape index (κ1) is 15.9. The minimum atomic E-state index is -0.480. The lowest BCUT2D eigenvalue weighted by molar-refractivity contribution is -0.144. The topological polar surface area (TPSA) is 55.8 Å². The van der Waals surface area contributed by atoms with Crippen molar-refractivity contribution in [2.75, 3.05) is 27.3 Å². The number of ether oxygens (including phenoxy) is 2. The van der Waals surface area contributed by atoms with Crippen LogP contribution in [0.15, 0.2) is 0 Å². The fourth-order valence-electron chi connectivity index (χ4n) is 1.42. The van der Waals surface area contributed by atoms with Crippen molar-refractivity contribution >= 4 is 11.9 Å². The monoisotopic (exact) mass is 245 g/mol. The van der Waals surface area contributed by atoms with E-state index in [1.165, 1.54) is 14.2 Å². The Morgan fingerprint density at radius 3 is 2.18 bits per heavy atom. The van der Waals surface area contributed by atoms with Gasteiger partial charge < -0.3 is 14.4 Å². The van der Waals surface area contributed by atoms with Gasteiger partial charge in [-0.1, -0.05) is 13.8 Å². The maximum Gasteiger partial charge on any atom is 0.307 e. The molecule has 0 aliphatic heterocycles. The first-order valence-electron chi connectivity index (χ1n) is 5.80. The van der Waals surface area contributed by atoms with Gasteiger partial charge in [0.1, 0.15) is 6.10 Å². The maximum atomic E-state index is 12.0. The Bertz CT molecular complexity index is 253. The Labute approximate surface area is 103 Å². The lowest BCUT2D eigenvalue weighted by atomic mass is 10.2. The molecule has 0 rings (SSSR count). The second-order valence-corrected chi connectivity index (χ2v) is 4.38. The molecule has 0 saturated carbocycles. The van der Waals surface area contributed by atoms with Crippen molar-refractivity contribution in [3.63, 3.8) is 0 Å². The minimum Gasteiger partial charge on any atom is -0.469 e. The summed E-state index contributed by atoms with van der Waals surface area (Å²) in [6.45, 7) is 6.74. The first-order chi connectivity index (χ1) is 7.92. The second kappa shape index (κ2) is 8.06. The van der Waals surface area contributed by atoms with Gasteiger partial charge in [-0.15, -0.1) is 0 Å². The molecule has 0 aromatic carbocycles. The van der Waals surface area contributed by atoms with Gasteiger partial charge in [-0.05, 0) is 12.8 Å². The Hall–Kier alpha value is -1.10. The highest BCUT2D eigenvalue weighted by atomic mass is 16.5. The van der Waals surface area contributed by atoms with Gasteiger partial charge in [0.2, 0.25) is 0 Å². The molecule has 17 heavy (non-hydrogen) atoms. The normalized spacial score (nSPS) is 12.4. The standard InChI is InChI=1S/C12H23NO4/c1-9(2)8-13(7-6-11(14)17-5)12(15)10(3)16-4/h9-10H,6-8H2,1-5H3. The molecule has 1 atom stereocenters. The Balaban J connectivity index is 4.42. The van der Waals surface area contributed by atoms with Crippen LogP contribution in [-0.4, -0.2) is 50.2 Å². The summed E-state index contributed by atoms with van der Waals surface area (Å²) in [5.41, 5.74) is 0. The SMILES string of the molecule is COC(=O)CCN(CC(C)C)C(=O)C(C)OC. The molecule has 1 unspecified atom stereocenters. The highest BCUT2D eigenvalue weighted by Gasteiger charge is 2.21. The maximum absolute atomic E-state index is 12.0. The molecule has 0 saturated heterocycles. The van der Waals surface area contributed by atoms with Gasteiger partial charge in [0, 0.05) is 20.2 Å². The van der Waals surface area contributed by atoms with Gasteiger partial charge in [-0.2, -0.15) is 0 Å². The average molecular weight is 245 g/mol. The summed E-state index contributed by atoms with van der Waals surface area (Å²) >= 11 is 0. The van der Waals surface area contributed by atoms with Crippen LogP contribution in [0.5, 0.6) is 0 Å². The molecule has 0 fully saturated rings. The number of hydrogen-bond acceptors (Lipinski definition) is 4. The van der Waals surface area contributed by atoms with Gasteiger partial charge in [-0.3, -0.25) is 9.59 Å². The number of rotatable bonds is 7. The predicted molar refractivity (Wildman–Crippen MR) is 64.5 cm³/mol. The van der Waals surface area contributed by atoms with E-state index in [2.05, 4.69) is 4.74 Å². The van der Waals surface area contributed by atoms with Crippen LogP contribution >= 0.6 is 0 Å². The van der Waals surface area contributed by atoms with Gasteiger partial charge in [-0.25, -0.2) is 0 Å². The molecule has 0 radical (unpaired) electrons. The smallest absolute Gasteiger partial charge is 0.307 e. The summed E-state index contributed by atoms with van der Waals surface area (Å²) in [7, 11) is 2.84. The van der Waals surface area contributed by atoms with Crippen molar-refractivity contribution in [1.29, 1.82) is 0 Å². The lowest BCUT2D eigenvalue weighted by Crippen LogP contribution is -2.42. The molecule has 0 aromatic rings. The molecule has 0 aliphatic carbocycles. The number of amides is 1. The number of nitrogens with zero attached hydrogens (tertiary/aromatic N) is 1. The minimum absolute atomic E-state index is 0.0925. The van der Waals surface area contributed by atoms with Crippen molar-refractivity contribution in [2.45, 2.75) is 33.3 Å². The molecule has 0 spiro atoms. The fraction of sp³-hybridized carbons (Fsp3) is 0.833. The van der Waals surface area contributed by atoms with E-state index in [1.807, 2.05) is 13.8 Å². The molecule has 0 bridgehead atoms. The van der Waals surface area contributed by atoms with Gasteiger partial charge in [0.05, 0.1) is 13.5 Å². The third-order valence-electron chi connectivity index (χ3n) is 2.41. The van der Waals surface area contributed by atoms with Crippen molar-refractivity contribution in [3.05, 3.63) is 0 Å². The van der Waals surface area contributed by atoms with E-state index in [9.17, 15) is 9.59 Å². The van der Waals surface area contributed by atoms with E-state index in [0.717, 1.165) is 0 Å². The lowest BCUT2D eigenvalue weighted by Gasteiger charge is -2.26. The number of esters is 1. The fourth-order valence-corrected chi connectivity index (χ4v) is 1.42. The molecule has 0 aromatic heterocycles. The van der Waals surface area contributed by atoms with Crippen LogP contribution in [0.2, 0.25) is 0 Å². The molecule has 5 nitrogen and oxygen atoms in total. The molecule has 0 aliphatic rings. The molecule has 5 heteroatoms. The van der Waals surface area contributed by atoms with E-state index in [-0.39, 0.29) is 18.3 Å². The van der Waals surface area contributed by atoms with Crippen LogP contribution < -0.4 is 0 Å². The number of hydrogen-bond donors (Lipinski definition) is 0. The van der Waals surface area contributed by atoms with E-state index in [1.54, 1.807) is 11.8 Å². The predicted octanol–water partition coefficient (Wildman–Crippen LogP) is 1.07. The van der Waals surface area contributed by atoms with Crippen molar-refractivity contribution in [3.8, 4) is 0 Å². The summed E-state index contributed by atoms with van der Waals surface area (Å²) in [5.74, 6) is -0.0533. The third kappa shape index (κ3) is 6.26. The van der Waals surface area contributed by atoms with Crippen LogP contribution in [0.4, 0.5) is 0 Å². The molecular formula is C12H23NO4. The van der Waals surface area contributed by atoms with Crippen LogP contribution in [-0.2, 0) is 19.1 Å². The second-order valence-electron chi connectivity index (χ2n) is 4.38. The van der Waals surface area contributed by atoms with Gasteiger partial charge in [0.15, 0.2) is 0 Å². The molecule has 0 heterocycles. The Morgan fingerprint density at radius 1 is 1.18 bits per heavy atom. The zero-order valence-corrected chi connectivity index (χ0v) is 11.4. The zero-order valence-electron chi connectivity index (χ0n) is 11.4. The molecule has 0 N–H and O–H groups in total. The van der Waals surface area contributed by atoms with E-state index in [0.29, 0.717) is 19.0 Å². The molecule has 1 amide bonds. The Morgan fingerprint density at radius 2 is 1.76 bits per heavy atom. The van der Waals surface area contributed by atoms with Crippen molar-refractivity contribution in [1.82, 2.24) is 4.90 Å². The van der Waals surface area contributed by atoms with Crippen LogP contribution in [0.1, 0.15) is 27.2 Å². The number of methoxy groups -OCH3 is 2. The van der Waals surface area contributed by atoms with Gasteiger partial charge >= 0.3 is 5.97 Å². The highest BCUT2D eigenvalue weighted by Crippen LogP contribution is 2.05. The number of carbonyl (C=O) groups excluding carboxylic acids is 2. The largest absolute Gasteiger partial charge is 0.469 e. The average Bonchev–Trinajstić information content (AvgIpc) is 2.31. The third-order valence-corrected chi connectivity index (χ3v) is 2.41. The molecular weight excluding hydrogens is 222 g/mol. The molecule has 100 valence electrons. The van der Waals surface area contributed by atoms with Crippen molar-refractivity contribution < 1.29 is 19.1 Å². The van der Waals surface area contributed by atoms with Gasteiger partial charge in [0.25, 0.3) is 5.91 Å². The Kier molecular flexibility index (Phi) is 7.54. The van der Waals surface area contributed by atoms with Crippen LogP contribution in [0.3, 0.4) is 0 Å². The van der Waals surface area contributed by atoms with Crippen LogP contribution in [0.25, 0.3) is 0 Å². The van der Waals surface area contributed by atoms with E-state index < -0.39 is 6.10 Å². The van der Waals surface area contributed by atoms with Crippen LogP contribution in [0, 0.1) is 5.92 Å². The number of carbonyl (C=O) groups is 2. The highest BCUT2D eigenvalue weighted by molar-refractivity contribution is 5.81. The first-order valence-corrected chi connectivity index (χ1v) is 5.80. The summed E-state index contributed by atoms with van der Waals surface area (Å²) in [6.07, 6.45) is -0.267.